The van der Waals surface area contributed by atoms with E-state index in [4.69, 9.17) is 5.26 Å². The summed E-state index contributed by atoms with van der Waals surface area (Å²) >= 11 is 0. The minimum absolute atomic E-state index is 0. The Morgan fingerprint density at radius 2 is 2.06 bits per heavy atom. The van der Waals surface area contributed by atoms with E-state index in [-0.39, 0.29) is 12.9 Å². The van der Waals surface area contributed by atoms with Crippen molar-refractivity contribution in [3.05, 3.63) is 36.2 Å². The summed E-state index contributed by atoms with van der Waals surface area (Å²) in [6.07, 6.45) is -0.627. The molecule has 2 aromatic rings. The van der Waals surface area contributed by atoms with Gasteiger partial charge in [0.2, 0.25) is 0 Å². The molecule has 1 aliphatic rings. The molecule has 0 saturated carbocycles. The van der Waals surface area contributed by atoms with Crippen LogP contribution in [0.2, 0.25) is 0 Å². The van der Waals surface area contributed by atoms with E-state index >= 15 is 0 Å². The highest BCUT2D eigenvalue weighted by Crippen LogP contribution is 2.47. The third-order valence-corrected chi connectivity index (χ3v) is 2.58. The number of rotatable bonds is 1. The summed E-state index contributed by atoms with van der Waals surface area (Å²) in [5, 5.41) is 8.93. The van der Waals surface area contributed by atoms with Crippen LogP contribution in [0, 0.1) is 11.3 Å². The maximum Gasteiger partial charge on any atom is 0.586 e. The van der Waals surface area contributed by atoms with E-state index in [0.717, 1.165) is 0 Å². The number of ether oxygens (including phenoxy) is 2. The highest BCUT2D eigenvalue weighted by Gasteiger charge is 2.44. The first-order chi connectivity index (χ1) is 8.61. The van der Waals surface area contributed by atoms with Crippen molar-refractivity contribution < 1.29 is 19.7 Å². The molecule has 4 nitrogen and oxygen atoms in total. The van der Waals surface area contributed by atoms with Crippen molar-refractivity contribution in [1.82, 2.24) is 4.98 Å². The van der Waals surface area contributed by atoms with Crippen LogP contribution in [-0.2, 0) is 0 Å². The lowest BCUT2D eigenvalue weighted by atomic mass is 10.0. The number of para-hydroxylation sites is 1. The van der Waals surface area contributed by atoms with Gasteiger partial charge < -0.3 is 14.5 Å². The standard InChI is InChI=1S/C12H6F2N2O2.H2/c13-12(14)17-10-3-1-2-8(11(10)18-12)9-6-16-5-7(9)4-15;/h1-3,5-6,16H;1H. The molecule has 0 unspecified atom stereocenters. The average Bonchev–Trinajstić information content (AvgIpc) is 2.89. The topological polar surface area (TPSA) is 58.0 Å². The van der Waals surface area contributed by atoms with Gasteiger partial charge >= 0.3 is 6.29 Å². The van der Waals surface area contributed by atoms with Gasteiger partial charge in [-0.05, 0) is 6.07 Å². The summed E-state index contributed by atoms with van der Waals surface area (Å²) in [5.74, 6) is -0.0961. The third-order valence-electron chi connectivity index (χ3n) is 2.58. The molecule has 0 radical (unpaired) electrons. The smallest absolute Gasteiger partial charge is 0.395 e. The van der Waals surface area contributed by atoms with Crippen LogP contribution in [0.3, 0.4) is 0 Å². The van der Waals surface area contributed by atoms with Crippen LogP contribution in [0.25, 0.3) is 11.1 Å². The van der Waals surface area contributed by atoms with Crippen LogP contribution in [0.5, 0.6) is 11.5 Å². The molecule has 3 rings (SSSR count). The van der Waals surface area contributed by atoms with Crippen LogP contribution >= 0.6 is 0 Å². The molecule has 0 saturated heterocycles. The zero-order chi connectivity index (χ0) is 12.8. The fraction of sp³-hybridized carbons (Fsp3) is 0.0833. The van der Waals surface area contributed by atoms with E-state index in [1.54, 1.807) is 18.3 Å². The molecule has 1 aromatic heterocycles. The summed E-state index contributed by atoms with van der Waals surface area (Å²) in [6, 6.07) is 6.51. The summed E-state index contributed by atoms with van der Waals surface area (Å²) < 4.78 is 34.9. The van der Waals surface area contributed by atoms with Crippen molar-refractivity contribution in [2.45, 2.75) is 6.29 Å². The number of aromatic amines is 1. The number of benzene rings is 1. The largest absolute Gasteiger partial charge is 0.586 e. The first kappa shape index (κ1) is 10.6. The second-order valence-electron chi connectivity index (χ2n) is 3.69. The molecule has 0 bridgehead atoms. The zero-order valence-electron chi connectivity index (χ0n) is 8.91. The maximum atomic E-state index is 13.0. The Balaban J connectivity index is 0.00000133. The second-order valence-corrected chi connectivity index (χ2v) is 3.69. The molecular formula is C12H8F2N2O2. The van der Waals surface area contributed by atoms with Gasteiger partial charge in [0.1, 0.15) is 6.07 Å². The molecule has 18 heavy (non-hydrogen) atoms. The van der Waals surface area contributed by atoms with Crippen LogP contribution in [0.15, 0.2) is 30.6 Å². The molecule has 0 spiro atoms. The number of nitrogens with zero attached hydrogens (tertiary/aromatic N) is 1. The minimum atomic E-state index is -3.67. The number of alkyl halides is 2. The van der Waals surface area contributed by atoms with E-state index in [0.29, 0.717) is 16.7 Å². The van der Waals surface area contributed by atoms with Crippen molar-refractivity contribution in [3.63, 3.8) is 0 Å². The van der Waals surface area contributed by atoms with Gasteiger partial charge in [-0.25, -0.2) is 0 Å². The Morgan fingerprint density at radius 3 is 2.83 bits per heavy atom. The molecule has 92 valence electrons. The molecule has 1 N–H and O–H groups in total. The van der Waals surface area contributed by atoms with E-state index < -0.39 is 6.29 Å². The first-order valence-electron chi connectivity index (χ1n) is 5.07. The molecule has 0 atom stereocenters. The fourth-order valence-electron chi connectivity index (χ4n) is 1.86. The summed E-state index contributed by atoms with van der Waals surface area (Å²) in [6.45, 7) is 0. The molecule has 1 aliphatic heterocycles. The Bertz CT molecular complexity index is 664. The normalized spacial score (nSPS) is 15.4. The molecule has 0 amide bonds. The van der Waals surface area contributed by atoms with Crippen molar-refractivity contribution >= 4 is 0 Å². The van der Waals surface area contributed by atoms with Crippen LogP contribution in [-0.4, -0.2) is 11.3 Å². The molecule has 0 fully saturated rings. The summed E-state index contributed by atoms with van der Waals surface area (Å²) in [5.41, 5.74) is 1.24. The predicted octanol–water partition coefficient (Wildman–Crippen LogP) is 3.12. The number of nitriles is 1. The molecule has 0 aliphatic carbocycles. The van der Waals surface area contributed by atoms with E-state index in [1.807, 2.05) is 6.07 Å². The lowest BCUT2D eigenvalue weighted by Crippen LogP contribution is -2.26. The summed E-state index contributed by atoms with van der Waals surface area (Å²) in [7, 11) is 0. The predicted molar refractivity (Wildman–Crippen MR) is 59.3 cm³/mol. The number of hydrogen-bond donors (Lipinski definition) is 1. The van der Waals surface area contributed by atoms with Crippen molar-refractivity contribution in [1.29, 1.82) is 5.26 Å². The number of fused-ring (bicyclic) bond motifs is 1. The number of halogens is 2. The molecule has 6 heteroatoms. The monoisotopic (exact) mass is 250 g/mol. The fourth-order valence-corrected chi connectivity index (χ4v) is 1.86. The van der Waals surface area contributed by atoms with Gasteiger partial charge in [0.25, 0.3) is 0 Å². The van der Waals surface area contributed by atoms with E-state index in [9.17, 15) is 8.78 Å². The maximum absolute atomic E-state index is 13.0. The van der Waals surface area contributed by atoms with E-state index in [2.05, 4.69) is 14.5 Å². The number of nitrogens with one attached hydrogen (secondary N) is 1. The van der Waals surface area contributed by atoms with Crippen LogP contribution in [0.4, 0.5) is 8.78 Å². The second kappa shape index (κ2) is 3.47. The van der Waals surface area contributed by atoms with Gasteiger partial charge in [0.05, 0.1) is 5.56 Å². The van der Waals surface area contributed by atoms with E-state index in [1.165, 1.54) is 12.3 Å². The lowest BCUT2D eigenvalue weighted by molar-refractivity contribution is -0.286. The minimum Gasteiger partial charge on any atom is -0.395 e. The zero-order valence-corrected chi connectivity index (χ0v) is 8.91. The Labute approximate surface area is 102 Å². The SMILES string of the molecule is N#Cc1c[nH]cc1-c1cccc2c1OC(F)(F)O2.[HH]. The van der Waals surface area contributed by atoms with Crippen LogP contribution < -0.4 is 9.47 Å². The number of aromatic nitrogens is 1. The first-order valence-corrected chi connectivity index (χ1v) is 5.07. The Morgan fingerprint density at radius 1 is 1.22 bits per heavy atom. The number of H-pyrrole nitrogens is 1. The molecule has 1 aromatic carbocycles. The summed E-state index contributed by atoms with van der Waals surface area (Å²) in [4.78, 5) is 2.75. The van der Waals surface area contributed by atoms with Crippen molar-refractivity contribution in [3.8, 4) is 28.7 Å². The third kappa shape index (κ3) is 1.49. The highest BCUT2D eigenvalue weighted by molar-refractivity contribution is 5.78. The van der Waals surface area contributed by atoms with Gasteiger partial charge in [-0.2, -0.15) is 5.26 Å². The molecule has 2 heterocycles. The van der Waals surface area contributed by atoms with Gasteiger partial charge in [-0.15, -0.1) is 8.78 Å². The van der Waals surface area contributed by atoms with Gasteiger partial charge in [0, 0.05) is 24.9 Å². The Hall–Kier alpha value is -2.55. The van der Waals surface area contributed by atoms with Gasteiger partial charge in [0.15, 0.2) is 11.5 Å². The highest BCUT2D eigenvalue weighted by atomic mass is 19.3. The van der Waals surface area contributed by atoms with Crippen molar-refractivity contribution in [2.24, 2.45) is 0 Å². The average molecular weight is 250 g/mol. The van der Waals surface area contributed by atoms with Gasteiger partial charge in [-0.1, -0.05) is 12.1 Å². The number of hydrogen-bond acceptors (Lipinski definition) is 3. The lowest BCUT2D eigenvalue weighted by Gasteiger charge is -2.06. The quantitative estimate of drug-likeness (QED) is 0.845. The van der Waals surface area contributed by atoms with Gasteiger partial charge in [-0.3, -0.25) is 0 Å². The Kier molecular flexibility index (Phi) is 2.04. The molecular weight excluding hydrogens is 242 g/mol. The van der Waals surface area contributed by atoms with Crippen molar-refractivity contribution in [2.75, 3.05) is 0 Å². The van der Waals surface area contributed by atoms with Crippen LogP contribution in [0.1, 0.15) is 6.99 Å².